The Bertz CT molecular complexity index is 527. The van der Waals surface area contributed by atoms with Crippen LogP contribution in [-0.4, -0.2) is 0 Å². The van der Waals surface area contributed by atoms with Gasteiger partial charge in [0, 0.05) is 0 Å². The maximum absolute atomic E-state index is 3.63. The van der Waals surface area contributed by atoms with Gasteiger partial charge in [-0.2, -0.15) is 0 Å². The first-order valence-electron chi connectivity index (χ1n) is 7.41. The molecule has 0 spiro atoms. The zero-order valence-electron chi connectivity index (χ0n) is 13.5. The van der Waals surface area contributed by atoms with E-state index in [1.807, 2.05) is 42.5 Å². The first-order chi connectivity index (χ1) is 10.8. The van der Waals surface area contributed by atoms with E-state index in [2.05, 4.69) is 63.1 Å². The van der Waals surface area contributed by atoms with Gasteiger partial charge in [-0.1, -0.05) is 118 Å². The van der Waals surface area contributed by atoms with Crippen molar-refractivity contribution in [1.82, 2.24) is 0 Å². The molecule has 0 aliphatic carbocycles. The van der Waals surface area contributed by atoms with Gasteiger partial charge in [0.1, 0.15) is 0 Å². The van der Waals surface area contributed by atoms with Gasteiger partial charge < -0.3 is 0 Å². The number of hydrogen-bond acceptors (Lipinski definition) is 0. The third-order valence-electron chi connectivity index (χ3n) is 2.55. The SMILES string of the molecule is C=CC=C.C=Cc1ccccc1.CCC=Cc1ccccc1. The molecule has 0 aliphatic rings. The van der Waals surface area contributed by atoms with Gasteiger partial charge in [-0.3, -0.25) is 0 Å². The second-order valence-corrected chi connectivity index (χ2v) is 4.31. The van der Waals surface area contributed by atoms with Crippen LogP contribution >= 0.6 is 0 Å². The van der Waals surface area contributed by atoms with Crippen molar-refractivity contribution < 1.29 is 0 Å². The standard InChI is InChI=1S/C10H12.C8H8.C4H6/c1-2-3-7-10-8-5-4-6-9-10;1-2-8-6-4-3-5-7-8;1-3-4-2/h3-9H,2H2,1H3;2-7H,1H2;3-4H,1-2H2. The van der Waals surface area contributed by atoms with Crippen molar-refractivity contribution in [2.75, 3.05) is 0 Å². The minimum absolute atomic E-state index is 1.11. The van der Waals surface area contributed by atoms with E-state index in [4.69, 9.17) is 0 Å². The summed E-state index contributed by atoms with van der Waals surface area (Å²) in [4.78, 5) is 0. The molecule has 0 heteroatoms. The van der Waals surface area contributed by atoms with Gasteiger partial charge in [0.25, 0.3) is 0 Å². The molecule has 22 heavy (non-hydrogen) atoms. The third-order valence-corrected chi connectivity index (χ3v) is 2.55. The summed E-state index contributed by atoms with van der Waals surface area (Å²) in [6, 6.07) is 20.4. The highest BCUT2D eigenvalue weighted by atomic mass is 13.8. The van der Waals surface area contributed by atoms with Gasteiger partial charge in [-0.15, -0.1) is 0 Å². The maximum Gasteiger partial charge on any atom is -0.0260 e. The van der Waals surface area contributed by atoms with Crippen LogP contribution in [0, 0.1) is 0 Å². The van der Waals surface area contributed by atoms with Gasteiger partial charge >= 0.3 is 0 Å². The molecule has 0 amide bonds. The third kappa shape index (κ3) is 11.2. The van der Waals surface area contributed by atoms with Crippen LogP contribution in [0.1, 0.15) is 24.5 Å². The number of hydrogen-bond donors (Lipinski definition) is 0. The molecule has 0 heterocycles. The normalized spacial score (nSPS) is 8.77. The van der Waals surface area contributed by atoms with E-state index < -0.39 is 0 Å². The highest BCUT2D eigenvalue weighted by Crippen LogP contribution is 2.00. The zero-order chi connectivity index (χ0) is 16.5. The molecule has 0 aromatic heterocycles. The molecule has 0 aliphatic heterocycles. The average Bonchev–Trinajstić information content (AvgIpc) is 2.62. The lowest BCUT2D eigenvalue weighted by atomic mass is 10.2. The summed E-state index contributed by atoms with van der Waals surface area (Å²) in [6.45, 7) is 12.5. The van der Waals surface area contributed by atoms with Crippen molar-refractivity contribution in [3.05, 3.63) is 110 Å². The molecule has 0 saturated heterocycles. The van der Waals surface area contributed by atoms with Crippen molar-refractivity contribution in [2.45, 2.75) is 13.3 Å². The molecule has 2 aromatic rings. The van der Waals surface area contributed by atoms with Crippen LogP contribution in [0.3, 0.4) is 0 Å². The van der Waals surface area contributed by atoms with Gasteiger partial charge in [-0.05, 0) is 17.5 Å². The Morgan fingerprint density at radius 1 is 0.727 bits per heavy atom. The van der Waals surface area contributed by atoms with E-state index in [0.717, 1.165) is 6.42 Å². The highest BCUT2D eigenvalue weighted by Gasteiger charge is 1.79. The van der Waals surface area contributed by atoms with Crippen LogP contribution in [-0.2, 0) is 0 Å². The van der Waals surface area contributed by atoms with Crippen LogP contribution in [0.15, 0.2) is 98.6 Å². The van der Waals surface area contributed by atoms with Crippen LogP contribution < -0.4 is 0 Å². The van der Waals surface area contributed by atoms with Crippen LogP contribution in [0.25, 0.3) is 12.2 Å². The summed E-state index contributed by atoms with van der Waals surface area (Å²) in [5.41, 5.74) is 2.46. The topological polar surface area (TPSA) is 0 Å². The summed E-state index contributed by atoms with van der Waals surface area (Å²) >= 11 is 0. The molecule has 114 valence electrons. The minimum atomic E-state index is 1.11. The number of allylic oxidation sites excluding steroid dienone is 3. The molecule has 0 bridgehead atoms. The Hall–Kier alpha value is -2.60. The van der Waals surface area contributed by atoms with Gasteiger partial charge in [0.2, 0.25) is 0 Å². The van der Waals surface area contributed by atoms with E-state index in [1.54, 1.807) is 12.2 Å². The summed E-state index contributed by atoms with van der Waals surface area (Å²) in [7, 11) is 0. The zero-order valence-corrected chi connectivity index (χ0v) is 13.5. The Morgan fingerprint density at radius 2 is 1.18 bits per heavy atom. The number of rotatable bonds is 4. The quantitative estimate of drug-likeness (QED) is 0.543. The van der Waals surface area contributed by atoms with Crippen LogP contribution in [0.5, 0.6) is 0 Å². The predicted octanol–water partition coefficient (Wildman–Crippen LogP) is 6.80. The molecule has 2 rings (SSSR count). The molecular formula is C22H26. The molecule has 0 nitrogen and oxygen atoms in total. The molecule has 0 N–H and O–H groups in total. The number of benzene rings is 2. The first-order valence-corrected chi connectivity index (χ1v) is 7.41. The van der Waals surface area contributed by atoms with Crippen LogP contribution in [0.2, 0.25) is 0 Å². The van der Waals surface area contributed by atoms with Crippen molar-refractivity contribution in [3.63, 3.8) is 0 Å². The molecule has 0 radical (unpaired) electrons. The molecule has 2 aromatic carbocycles. The van der Waals surface area contributed by atoms with E-state index in [1.165, 1.54) is 11.1 Å². The Kier molecular flexibility index (Phi) is 13.1. The molecule has 0 saturated carbocycles. The lowest BCUT2D eigenvalue weighted by Gasteiger charge is -1.88. The van der Waals surface area contributed by atoms with Crippen LogP contribution in [0.4, 0.5) is 0 Å². The van der Waals surface area contributed by atoms with Crippen molar-refractivity contribution >= 4 is 12.2 Å². The monoisotopic (exact) mass is 290 g/mol. The van der Waals surface area contributed by atoms with E-state index in [0.29, 0.717) is 0 Å². The average molecular weight is 290 g/mol. The lowest BCUT2D eigenvalue weighted by molar-refractivity contribution is 1.23. The predicted molar refractivity (Wildman–Crippen MR) is 103 cm³/mol. The smallest absolute Gasteiger partial charge is 0.0260 e. The summed E-state index contributed by atoms with van der Waals surface area (Å²) in [6.07, 6.45) is 10.5. The maximum atomic E-state index is 3.63. The fourth-order valence-electron chi connectivity index (χ4n) is 1.41. The summed E-state index contributed by atoms with van der Waals surface area (Å²) in [5, 5.41) is 0. The fraction of sp³-hybridized carbons (Fsp3) is 0.0909. The second kappa shape index (κ2) is 14.8. The Balaban J connectivity index is 0.000000330. The second-order valence-electron chi connectivity index (χ2n) is 4.31. The highest BCUT2D eigenvalue weighted by molar-refractivity contribution is 5.48. The largest absolute Gasteiger partial charge is 0.0991 e. The first kappa shape index (κ1) is 19.4. The Labute approximate surface area is 135 Å². The van der Waals surface area contributed by atoms with Crippen molar-refractivity contribution in [2.24, 2.45) is 0 Å². The summed E-state index contributed by atoms with van der Waals surface area (Å²) in [5.74, 6) is 0. The van der Waals surface area contributed by atoms with Gasteiger partial charge in [0.05, 0.1) is 0 Å². The Morgan fingerprint density at radius 3 is 1.50 bits per heavy atom. The fourth-order valence-corrected chi connectivity index (χ4v) is 1.41. The van der Waals surface area contributed by atoms with Crippen molar-refractivity contribution in [1.29, 1.82) is 0 Å². The van der Waals surface area contributed by atoms with Gasteiger partial charge in [0.15, 0.2) is 0 Å². The van der Waals surface area contributed by atoms with Crippen molar-refractivity contribution in [3.8, 4) is 0 Å². The molecular weight excluding hydrogens is 264 g/mol. The van der Waals surface area contributed by atoms with Gasteiger partial charge in [-0.25, -0.2) is 0 Å². The molecule has 0 atom stereocenters. The lowest BCUT2D eigenvalue weighted by Crippen LogP contribution is -1.66. The minimum Gasteiger partial charge on any atom is -0.0991 e. The van der Waals surface area contributed by atoms with E-state index >= 15 is 0 Å². The molecule has 0 fully saturated rings. The van der Waals surface area contributed by atoms with E-state index in [9.17, 15) is 0 Å². The summed E-state index contributed by atoms with van der Waals surface area (Å²) < 4.78 is 0. The van der Waals surface area contributed by atoms with E-state index in [-0.39, 0.29) is 0 Å². The molecule has 0 unspecified atom stereocenters.